The van der Waals surface area contributed by atoms with Crippen LogP contribution in [-0.4, -0.2) is 34.6 Å². The monoisotopic (exact) mass is 591 g/mol. The van der Waals surface area contributed by atoms with Crippen LogP contribution in [-0.2, 0) is 20.9 Å². The van der Waals surface area contributed by atoms with E-state index in [2.05, 4.69) is 5.32 Å². The number of nitrogens with zero attached hydrogens (tertiary/aromatic N) is 2. The van der Waals surface area contributed by atoms with Crippen LogP contribution in [0.15, 0.2) is 88.7 Å². The molecule has 202 valence electrons. The number of carbonyl (C=O) groups is 3. The second-order valence-corrected chi connectivity index (χ2v) is 11.9. The van der Waals surface area contributed by atoms with Gasteiger partial charge in [-0.25, -0.2) is 4.90 Å². The number of thioether (sulfide) groups is 1. The summed E-state index contributed by atoms with van der Waals surface area (Å²) in [5.41, 5.74) is 1.84. The molecule has 0 unspecified atom stereocenters. The zero-order valence-corrected chi connectivity index (χ0v) is 23.5. The lowest BCUT2D eigenvalue weighted by Crippen LogP contribution is -2.33. The molecule has 0 radical (unpaired) electrons. The van der Waals surface area contributed by atoms with Crippen molar-refractivity contribution in [3.8, 4) is 5.75 Å². The first kappa shape index (κ1) is 26.4. The van der Waals surface area contributed by atoms with Gasteiger partial charge in [0.15, 0.2) is 0 Å². The van der Waals surface area contributed by atoms with E-state index in [1.54, 1.807) is 55.6 Å². The van der Waals surface area contributed by atoms with Gasteiger partial charge in [-0.3, -0.25) is 23.7 Å². The molecule has 11 heteroatoms. The van der Waals surface area contributed by atoms with Crippen LogP contribution in [0.5, 0.6) is 5.75 Å². The highest BCUT2D eigenvalue weighted by atomic mass is 35.5. The Labute approximate surface area is 242 Å². The molecule has 0 spiro atoms. The molecular formula is C29H22ClN3O5S2. The number of carbonyl (C=O) groups excluding carboxylic acids is 3. The Balaban J connectivity index is 1.38. The van der Waals surface area contributed by atoms with Crippen LogP contribution >= 0.6 is 34.7 Å². The van der Waals surface area contributed by atoms with E-state index in [4.69, 9.17) is 16.3 Å². The number of nitrogens with one attached hydrogen (secondary N) is 1. The Hall–Kier alpha value is -3.86. The second kappa shape index (κ2) is 10.6. The van der Waals surface area contributed by atoms with Gasteiger partial charge in [0.1, 0.15) is 17.5 Å². The number of imide groups is 1. The van der Waals surface area contributed by atoms with Crippen molar-refractivity contribution in [1.29, 1.82) is 0 Å². The standard InChI is InChI=1S/C29H22ClN3O5S2/c1-38-20-13-11-19(12-14-20)33-26(35)23-22(16-5-3-2-4-6-16)25-28(39-24(23)27(33)36)32(29(37)40-25)15-21(34)31-18-9-7-17(30)8-10-18/h2-14,22-24H,15H2,1H3,(H,31,34)/t22-,23-,24+/m0/s1. The number of hydrogen-bond acceptors (Lipinski definition) is 7. The van der Waals surface area contributed by atoms with E-state index in [1.807, 2.05) is 30.3 Å². The molecule has 1 aromatic heterocycles. The number of thiazole rings is 1. The van der Waals surface area contributed by atoms with Crippen molar-refractivity contribution >= 4 is 63.8 Å². The first-order valence-corrected chi connectivity index (χ1v) is 14.5. The minimum absolute atomic E-state index is 0.233. The van der Waals surface area contributed by atoms with Crippen LogP contribution in [0.2, 0.25) is 5.02 Å². The molecule has 0 saturated carbocycles. The Bertz CT molecular complexity index is 1670. The molecule has 0 aliphatic carbocycles. The summed E-state index contributed by atoms with van der Waals surface area (Å²) in [5, 5.41) is 3.10. The molecule has 1 saturated heterocycles. The molecule has 3 aromatic carbocycles. The number of aromatic nitrogens is 1. The van der Waals surface area contributed by atoms with E-state index in [0.717, 1.165) is 16.9 Å². The molecule has 40 heavy (non-hydrogen) atoms. The lowest BCUT2D eigenvalue weighted by atomic mass is 9.83. The number of anilines is 2. The van der Waals surface area contributed by atoms with Crippen molar-refractivity contribution in [2.45, 2.75) is 22.7 Å². The van der Waals surface area contributed by atoms with Gasteiger partial charge >= 0.3 is 4.87 Å². The van der Waals surface area contributed by atoms with E-state index in [-0.39, 0.29) is 23.2 Å². The summed E-state index contributed by atoms with van der Waals surface area (Å²) in [7, 11) is 1.55. The third-order valence-corrected chi connectivity index (χ3v) is 9.82. The Kier molecular flexibility index (Phi) is 6.99. The molecule has 3 amide bonds. The van der Waals surface area contributed by atoms with Crippen LogP contribution < -0.4 is 19.8 Å². The van der Waals surface area contributed by atoms with Crippen molar-refractivity contribution in [1.82, 2.24) is 4.57 Å². The van der Waals surface area contributed by atoms with E-state index in [0.29, 0.717) is 32.1 Å². The topological polar surface area (TPSA) is 97.7 Å². The van der Waals surface area contributed by atoms with Crippen molar-refractivity contribution in [3.05, 3.63) is 104 Å². The average Bonchev–Trinajstić information content (AvgIpc) is 3.41. The summed E-state index contributed by atoms with van der Waals surface area (Å²) >= 11 is 8.13. The maximum absolute atomic E-state index is 13.9. The molecule has 4 aromatic rings. The van der Waals surface area contributed by atoms with Crippen LogP contribution in [0.4, 0.5) is 11.4 Å². The van der Waals surface area contributed by atoms with Gasteiger partial charge in [-0.1, -0.05) is 65.0 Å². The number of fused-ring (bicyclic) bond motifs is 2. The highest BCUT2D eigenvalue weighted by Crippen LogP contribution is 2.53. The van der Waals surface area contributed by atoms with Crippen molar-refractivity contribution in [2.24, 2.45) is 5.92 Å². The van der Waals surface area contributed by atoms with Gasteiger partial charge in [0.05, 0.1) is 23.7 Å². The number of ether oxygens (including phenoxy) is 1. The predicted octanol–water partition coefficient (Wildman–Crippen LogP) is 5.01. The zero-order valence-electron chi connectivity index (χ0n) is 21.1. The molecule has 1 fully saturated rings. The average molecular weight is 592 g/mol. The number of benzene rings is 3. The fourth-order valence-corrected chi connectivity index (χ4v) is 8.04. The number of rotatable bonds is 6. The summed E-state index contributed by atoms with van der Waals surface area (Å²) < 4.78 is 6.62. The number of amides is 3. The second-order valence-electron chi connectivity index (χ2n) is 9.34. The molecule has 1 N–H and O–H groups in total. The fourth-order valence-electron chi connectivity index (χ4n) is 5.14. The molecular weight excluding hydrogens is 570 g/mol. The number of halogens is 1. The van der Waals surface area contributed by atoms with Crippen molar-refractivity contribution in [2.75, 3.05) is 17.3 Å². The molecule has 3 atom stereocenters. The minimum atomic E-state index is -0.758. The van der Waals surface area contributed by atoms with Crippen LogP contribution in [0.1, 0.15) is 16.4 Å². The van der Waals surface area contributed by atoms with E-state index in [1.165, 1.54) is 21.2 Å². The summed E-state index contributed by atoms with van der Waals surface area (Å²) in [6.07, 6.45) is 0. The third kappa shape index (κ3) is 4.61. The first-order chi connectivity index (χ1) is 19.4. The van der Waals surface area contributed by atoms with E-state index in [9.17, 15) is 19.2 Å². The summed E-state index contributed by atoms with van der Waals surface area (Å²) in [4.78, 5) is 55.4. The Morgan fingerprint density at radius 1 is 0.950 bits per heavy atom. The summed E-state index contributed by atoms with van der Waals surface area (Å²) in [5.74, 6) is -1.67. The normalized spacial score (nSPS) is 19.8. The zero-order chi connectivity index (χ0) is 28.0. The van der Waals surface area contributed by atoms with Crippen molar-refractivity contribution < 1.29 is 19.1 Å². The maximum atomic E-state index is 13.9. The third-order valence-electron chi connectivity index (χ3n) is 6.97. The number of methoxy groups -OCH3 is 1. The maximum Gasteiger partial charge on any atom is 0.308 e. The minimum Gasteiger partial charge on any atom is -0.497 e. The molecule has 3 heterocycles. The quantitative estimate of drug-likeness (QED) is 0.317. The van der Waals surface area contributed by atoms with E-state index >= 15 is 0 Å². The first-order valence-electron chi connectivity index (χ1n) is 12.4. The largest absolute Gasteiger partial charge is 0.497 e. The van der Waals surface area contributed by atoms with Gasteiger partial charge in [0, 0.05) is 21.5 Å². The highest BCUT2D eigenvalue weighted by Gasteiger charge is 2.56. The van der Waals surface area contributed by atoms with Crippen molar-refractivity contribution in [3.63, 3.8) is 0 Å². The fraction of sp³-hybridized carbons (Fsp3) is 0.172. The van der Waals surface area contributed by atoms with Gasteiger partial charge in [-0.2, -0.15) is 0 Å². The summed E-state index contributed by atoms with van der Waals surface area (Å²) in [6.45, 7) is -0.233. The van der Waals surface area contributed by atoms with Gasteiger partial charge in [0.25, 0.3) is 0 Å². The van der Waals surface area contributed by atoms with Crippen LogP contribution in [0.3, 0.4) is 0 Å². The lowest BCUT2D eigenvalue weighted by molar-refractivity contribution is -0.122. The molecule has 2 aliphatic rings. The Morgan fingerprint density at radius 3 is 2.33 bits per heavy atom. The number of hydrogen-bond donors (Lipinski definition) is 1. The molecule has 6 rings (SSSR count). The van der Waals surface area contributed by atoms with Gasteiger partial charge in [-0.05, 0) is 54.1 Å². The molecule has 8 nitrogen and oxygen atoms in total. The van der Waals surface area contributed by atoms with Gasteiger partial charge in [-0.15, -0.1) is 0 Å². The lowest BCUT2D eigenvalue weighted by Gasteiger charge is -2.30. The van der Waals surface area contributed by atoms with Gasteiger partial charge in [0.2, 0.25) is 17.7 Å². The van der Waals surface area contributed by atoms with Gasteiger partial charge < -0.3 is 10.1 Å². The smallest absolute Gasteiger partial charge is 0.308 e. The van der Waals surface area contributed by atoms with E-state index < -0.39 is 23.0 Å². The molecule has 0 bridgehead atoms. The highest BCUT2D eigenvalue weighted by molar-refractivity contribution is 8.00. The SMILES string of the molecule is COc1ccc(N2C(=O)[C@H]3[C@H](c4ccccc4)c4sc(=O)n(CC(=O)Nc5ccc(Cl)cc5)c4S[C@H]3C2=O)cc1. The molecule has 2 aliphatic heterocycles. The van der Waals surface area contributed by atoms with Crippen LogP contribution in [0.25, 0.3) is 0 Å². The predicted molar refractivity (Wildman–Crippen MR) is 156 cm³/mol. The van der Waals surface area contributed by atoms with Crippen LogP contribution in [0, 0.1) is 5.92 Å². The summed E-state index contributed by atoms with van der Waals surface area (Å²) in [6, 6.07) is 22.8. The Morgan fingerprint density at radius 2 is 1.65 bits per heavy atom.